The molecular weight excluding hydrogens is 271 g/mol. The van der Waals surface area contributed by atoms with Crippen LogP contribution in [0, 0.1) is 5.82 Å². The van der Waals surface area contributed by atoms with Crippen molar-refractivity contribution in [2.24, 2.45) is 0 Å². The summed E-state index contributed by atoms with van der Waals surface area (Å²) < 4.78 is 14.2. The lowest BCUT2D eigenvalue weighted by atomic mass is 10.0. The first kappa shape index (κ1) is 13.7. The van der Waals surface area contributed by atoms with Gasteiger partial charge in [0.15, 0.2) is 0 Å². The second-order valence-corrected chi connectivity index (χ2v) is 5.01. The maximum atomic E-state index is 13.4. The highest BCUT2D eigenvalue weighted by Gasteiger charge is 2.09. The minimum absolute atomic E-state index is 0.238. The van der Waals surface area contributed by atoms with Gasteiger partial charge in [0, 0.05) is 10.9 Å². The number of benzene rings is 1. The van der Waals surface area contributed by atoms with Crippen LogP contribution in [0.3, 0.4) is 0 Å². The van der Waals surface area contributed by atoms with E-state index in [0.29, 0.717) is 12.0 Å². The highest BCUT2D eigenvalue weighted by molar-refractivity contribution is 9.10. The summed E-state index contributed by atoms with van der Waals surface area (Å²) in [6.45, 7) is 2.13. The van der Waals surface area contributed by atoms with Crippen LogP contribution in [0.4, 0.5) is 4.39 Å². The molecule has 0 aliphatic carbocycles. The van der Waals surface area contributed by atoms with Crippen molar-refractivity contribution >= 4 is 15.9 Å². The molecule has 0 aliphatic rings. The van der Waals surface area contributed by atoms with Crippen LogP contribution in [0.25, 0.3) is 0 Å². The van der Waals surface area contributed by atoms with Gasteiger partial charge in [-0.15, -0.1) is 0 Å². The van der Waals surface area contributed by atoms with Gasteiger partial charge in [-0.05, 0) is 30.2 Å². The Labute approximate surface area is 105 Å². The fourth-order valence-electron chi connectivity index (χ4n) is 1.69. The molecule has 0 saturated heterocycles. The summed E-state index contributed by atoms with van der Waals surface area (Å²) in [5, 5.41) is 9.76. The van der Waals surface area contributed by atoms with Crippen LogP contribution in [-0.2, 0) is 6.42 Å². The zero-order chi connectivity index (χ0) is 12.0. The van der Waals surface area contributed by atoms with Crippen molar-refractivity contribution in [3.05, 3.63) is 34.1 Å². The maximum absolute atomic E-state index is 13.4. The summed E-state index contributed by atoms with van der Waals surface area (Å²) in [6, 6.07) is 4.83. The summed E-state index contributed by atoms with van der Waals surface area (Å²) in [5.74, 6) is -0.238. The molecule has 90 valence electrons. The smallest absolute Gasteiger partial charge is 0.126 e. The predicted molar refractivity (Wildman–Crippen MR) is 68.0 cm³/mol. The Morgan fingerprint density at radius 3 is 2.81 bits per heavy atom. The van der Waals surface area contributed by atoms with Crippen molar-refractivity contribution in [1.29, 1.82) is 0 Å². The Balaban J connectivity index is 2.48. The standard InChI is InChI=1S/C13H18BrFO/c1-2-3-4-5-12(16)9-10-8-11(14)6-7-13(10)15/h6-8,12,16H,2-5,9H2,1H3. The zero-order valence-electron chi connectivity index (χ0n) is 9.55. The molecule has 0 amide bonds. The van der Waals surface area contributed by atoms with Gasteiger partial charge in [-0.2, -0.15) is 0 Å². The summed E-state index contributed by atoms with van der Waals surface area (Å²) in [5.41, 5.74) is 0.582. The van der Waals surface area contributed by atoms with Gasteiger partial charge in [0.1, 0.15) is 5.82 Å². The quantitative estimate of drug-likeness (QED) is 0.783. The molecule has 1 atom stereocenters. The molecule has 1 aromatic rings. The zero-order valence-corrected chi connectivity index (χ0v) is 11.1. The van der Waals surface area contributed by atoms with Crippen molar-refractivity contribution in [1.82, 2.24) is 0 Å². The first-order valence-corrected chi connectivity index (χ1v) is 6.54. The Morgan fingerprint density at radius 1 is 1.38 bits per heavy atom. The molecule has 0 saturated carbocycles. The number of hydrogen-bond donors (Lipinski definition) is 1. The molecule has 0 spiro atoms. The van der Waals surface area contributed by atoms with Crippen LogP contribution < -0.4 is 0 Å². The van der Waals surface area contributed by atoms with Crippen LogP contribution >= 0.6 is 15.9 Å². The summed E-state index contributed by atoms with van der Waals surface area (Å²) in [7, 11) is 0. The summed E-state index contributed by atoms with van der Waals surface area (Å²) >= 11 is 3.30. The Kier molecular flexibility index (Phi) is 5.99. The monoisotopic (exact) mass is 288 g/mol. The van der Waals surface area contributed by atoms with E-state index < -0.39 is 6.10 Å². The molecule has 3 heteroatoms. The van der Waals surface area contributed by atoms with Crippen LogP contribution in [-0.4, -0.2) is 11.2 Å². The summed E-state index contributed by atoms with van der Waals surface area (Å²) in [4.78, 5) is 0. The predicted octanol–water partition coefficient (Wildman–Crippen LogP) is 4.07. The van der Waals surface area contributed by atoms with Gasteiger partial charge in [-0.25, -0.2) is 4.39 Å². The molecule has 0 radical (unpaired) electrons. The SMILES string of the molecule is CCCCCC(O)Cc1cc(Br)ccc1F. The van der Waals surface area contributed by atoms with Crippen LogP contribution in [0.1, 0.15) is 38.2 Å². The van der Waals surface area contributed by atoms with Crippen molar-refractivity contribution in [2.75, 3.05) is 0 Å². The molecule has 0 bridgehead atoms. The second kappa shape index (κ2) is 7.02. The van der Waals surface area contributed by atoms with E-state index in [9.17, 15) is 9.50 Å². The lowest BCUT2D eigenvalue weighted by molar-refractivity contribution is 0.160. The van der Waals surface area contributed by atoms with E-state index in [1.54, 1.807) is 12.1 Å². The molecule has 1 aromatic carbocycles. The van der Waals surface area contributed by atoms with E-state index in [4.69, 9.17) is 0 Å². The highest BCUT2D eigenvalue weighted by atomic mass is 79.9. The molecule has 0 aromatic heterocycles. The van der Waals surface area contributed by atoms with Crippen molar-refractivity contribution in [2.45, 2.75) is 45.1 Å². The third-order valence-electron chi connectivity index (χ3n) is 2.60. The number of aliphatic hydroxyl groups excluding tert-OH is 1. The van der Waals surface area contributed by atoms with Crippen molar-refractivity contribution < 1.29 is 9.50 Å². The van der Waals surface area contributed by atoms with E-state index in [1.165, 1.54) is 6.07 Å². The van der Waals surface area contributed by atoms with Gasteiger partial charge in [0.25, 0.3) is 0 Å². The minimum Gasteiger partial charge on any atom is -0.393 e. The largest absolute Gasteiger partial charge is 0.393 e. The van der Waals surface area contributed by atoms with Gasteiger partial charge in [-0.1, -0.05) is 42.1 Å². The Hall–Kier alpha value is -0.410. The number of halogens is 2. The van der Waals surface area contributed by atoms with Crippen LogP contribution in [0.15, 0.2) is 22.7 Å². The lowest BCUT2D eigenvalue weighted by Gasteiger charge is -2.11. The third-order valence-corrected chi connectivity index (χ3v) is 3.10. The fourth-order valence-corrected chi connectivity index (χ4v) is 2.09. The molecule has 1 unspecified atom stereocenters. The first-order valence-electron chi connectivity index (χ1n) is 5.75. The second-order valence-electron chi connectivity index (χ2n) is 4.09. The molecule has 1 rings (SSSR count). The normalized spacial score (nSPS) is 12.8. The molecule has 0 heterocycles. The van der Waals surface area contributed by atoms with Gasteiger partial charge >= 0.3 is 0 Å². The van der Waals surface area contributed by atoms with E-state index in [0.717, 1.165) is 30.2 Å². The van der Waals surface area contributed by atoms with Gasteiger partial charge in [-0.3, -0.25) is 0 Å². The molecule has 0 aliphatic heterocycles. The maximum Gasteiger partial charge on any atom is 0.126 e. The lowest BCUT2D eigenvalue weighted by Crippen LogP contribution is -2.11. The van der Waals surface area contributed by atoms with Gasteiger partial charge in [0.05, 0.1) is 6.10 Å². The fraction of sp³-hybridized carbons (Fsp3) is 0.538. The molecular formula is C13H18BrFO. The Morgan fingerprint density at radius 2 is 2.12 bits per heavy atom. The van der Waals surface area contributed by atoms with Gasteiger partial charge in [0.2, 0.25) is 0 Å². The van der Waals surface area contributed by atoms with Crippen molar-refractivity contribution in [3.63, 3.8) is 0 Å². The van der Waals surface area contributed by atoms with Gasteiger partial charge < -0.3 is 5.11 Å². The van der Waals surface area contributed by atoms with Crippen LogP contribution in [0.5, 0.6) is 0 Å². The summed E-state index contributed by atoms with van der Waals surface area (Å²) in [6.07, 6.45) is 3.98. The molecule has 1 N–H and O–H groups in total. The number of hydrogen-bond acceptors (Lipinski definition) is 1. The average Bonchev–Trinajstić information content (AvgIpc) is 2.24. The van der Waals surface area contributed by atoms with Crippen molar-refractivity contribution in [3.8, 4) is 0 Å². The topological polar surface area (TPSA) is 20.2 Å². The molecule has 0 fully saturated rings. The molecule has 1 nitrogen and oxygen atoms in total. The number of rotatable bonds is 6. The first-order chi connectivity index (χ1) is 7.63. The highest BCUT2D eigenvalue weighted by Crippen LogP contribution is 2.18. The van der Waals surface area contributed by atoms with E-state index in [2.05, 4.69) is 22.9 Å². The number of aliphatic hydroxyl groups is 1. The number of unbranched alkanes of at least 4 members (excludes halogenated alkanes) is 2. The van der Waals surface area contributed by atoms with E-state index in [-0.39, 0.29) is 5.82 Å². The van der Waals surface area contributed by atoms with Crippen LogP contribution in [0.2, 0.25) is 0 Å². The Bertz CT molecular complexity index is 328. The molecule has 16 heavy (non-hydrogen) atoms. The minimum atomic E-state index is -0.435. The average molecular weight is 289 g/mol. The van der Waals surface area contributed by atoms with E-state index in [1.807, 2.05) is 0 Å². The van der Waals surface area contributed by atoms with E-state index >= 15 is 0 Å². The third kappa shape index (κ3) is 4.62.